The molecule has 0 aromatic carbocycles. The second-order valence-electron chi connectivity index (χ2n) is 7.13. The molecular formula is C16H33N3O2. The highest BCUT2D eigenvalue weighted by Gasteiger charge is 2.26. The lowest BCUT2D eigenvalue weighted by atomic mass is 9.76. The molecule has 0 bridgehead atoms. The SMILES string of the molecule is CC(C)(C)C(CCN)CCC(=O)N1CCN(CCO)CC1. The second-order valence-corrected chi connectivity index (χ2v) is 7.13. The minimum absolute atomic E-state index is 0.195. The molecule has 0 radical (unpaired) electrons. The van der Waals surface area contributed by atoms with Gasteiger partial charge in [-0.25, -0.2) is 0 Å². The van der Waals surface area contributed by atoms with Gasteiger partial charge in [0.25, 0.3) is 0 Å². The Labute approximate surface area is 129 Å². The predicted molar refractivity (Wildman–Crippen MR) is 86.0 cm³/mol. The van der Waals surface area contributed by atoms with E-state index in [1.807, 2.05) is 4.90 Å². The number of aliphatic hydroxyl groups is 1. The van der Waals surface area contributed by atoms with E-state index in [0.29, 0.717) is 25.4 Å². The molecular weight excluding hydrogens is 266 g/mol. The second kappa shape index (κ2) is 8.71. The van der Waals surface area contributed by atoms with Crippen LogP contribution in [0.1, 0.15) is 40.0 Å². The van der Waals surface area contributed by atoms with Crippen molar-refractivity contribution in [2.75, 3.05) is 45.9 Å². The van der Waals surface area contributed by atoms with E-state index in [0.717, 1.165) is 39.0 Å². The van der Waals surface area contributed by atoms with Crippen LogP contribution in [0.2, 0.25) is 0 Å². The Morgan fingerprint density at radius 1 is 1.19 bits per heavy atom. The molecule has 1 fully saturated rings. The van der Waals surface area contributed by atoms with Gasteiger partial charge in [-0.2, -0.15) is 0 Å². The van der Waals surface area contributed by atoms with Crippen molar-refractivity contribution in [3.05, 3.63) is 0 Å². The molecule has 0 spiro atoms. The Balaban J connectivity index is 2.36. The number of β-amino-alcohol motifs (C(OH)–C–C–N with tert-alkyl or cyclic N) is 1. The fraction of sp³-hybridized carbons (Fsp3) is 0.938. The van der Waals surface area contributed by atoms with Crippen molar-refractivity contribution in [1.29, 1.82) is 0 Å². The van der Waals surface area contributed by atoms with Crippen molar-refractivity contribution in [3.63, 3.8) is 0 Å². The largest absolute Gasteiger partial charge is 0.395 e. The van der Waals surface area contributed by atoms with Crippen molar-refractivity contribution >= 4 is 5.91 Å². The average Bonchev–Trinajstić information content (AvgIpc) is 2.43. The van der Waals surface area contributed by atoms with Crippen LogP contribution in [0.4, 0.5) is 0 Å². The summed E-state index contributed by atoms with van der Waals surface area (Å²) in [5.41, 5.74) is 5.91. The molecule has 1 aliphatic heterocycles. The molecule has 0 saturated carbocycles. The van der Waals surface area contributed by atoms with E-state index in [4.69, 9.17) is 10.8 Å². The molecule has 1 unspecified atom stereocenters. The number of hydrogen-bond acceptors (Lipinski definition) is 4. The van der Waals surface area contributed by atoms with Crippen molar-refractivity contribution in [1.82, 2.24) is 9.80 Å². The van der Waals surface area contributed by atoms with E-state index in [2.05, 4.69) is 25.7 Å². The van der Waals surface area contributed by atoms with Crippen LogP contribution >= 0.6 is 0 Å². The van der Waals surface area contributed by atoms with Gasteiger partial charge < -0.3 is 15.7 Å². The van der Waals surface area contributed by atoms with Crippen LogP contribution in [-0.2, 0) is 4.79 Å². The molecule has 0 aromatic heterocycles. The molecule has 1 rings (SSSR count). The maximum Gasteiger partial charge on any atom is 0.222 e. The summed E-state index contributed by atoms with van der Waals surface area (Å²) in [6.07, 6.45) is 2.54. The van der Waals surface area contributed by atoms with Gasteiger partial charge in [0.2, 0.25) is 5.91 Å². The molecule has 0 aromatic rings. The van der Waals surface area contributed by atoms with Crippen LogP contribution in [0.25, 0.3) is 0 Å². The Morgan fingerprint density at radius 3 is 2.29 bits per heavy atom. The van der Waals surface area contributed by atoms with Gasteiger partial charge >= 0.3 is 0 Å². The molecule has 5 nitrogen and oxygen atoms in total. The molecule has 1 aliphatic rings. The minimum Gasteiger partial charge on any atom is -0.395 e. The highest BCUT2D eigenvalue weighted by Crippen LogP contribution is 2.32. The predicted octanol–water partition coefficient (Wildman–Crippen LogP) is 0.914. The van der Waals surface area contributed by atoms with Crippen LogP contribution in [0, 0.1) is 11.3 Å². The highest BCUT2D eigenvalue weighted by atomic mass is 16.3. The van der Waals surface area contributed by atoms with Crippen molar-refractivity contribution in [2.45, 2.75) is 40.0 Å². The molecule has 0 aliphatic carbocycles. The molecule has 1 saturated heterocycles. The lowest BCUT2D eigenvalue weighted by Gasteiger charge is -2.35. The normalized spacial score (nSPS) is 18.8. The monoisotopic (exact) mass is 299 g/mol. The van der Waals surface area contributed by atoms with Crippen LogP contribution in [0.15, 0.2) is 0 Å². The Hall–Kier alpha value is -0.650. The smallest absolute Gasteiger partial charge is 0.222 e. The highest BCUT2D eigenvalue weighted by molar-refractivity contribution is 5.76. The molecule has 1 heterocycles. The summed E-state index contributed by atoms with van der Waals surface area (Å²) in [6.45, 7) is 11.6. The summed E-state index contributed by atoms with van der Waals surface area (Å²) in [7, 11) is 0. The Kier molecular flexibility index (Phi) is 7.63. The molecule has 124 valence electrons. The van der Waals surface area contributed by atoms with Gasteiger partial charge in [-0.1, -0.05) is 20.8 Å². The van der Waals surface area contributed by atoms with E-state index >= 15 is 0 Å². The third-order valence-electron chi connectivity index (χ3n) is 4.59. The van der Waals surface area contributed by atoms with Gasteiger partial charge in [0, 0.05) is 39.1 Å². The molecule has 21 heavy (non-hydrogen) atoms. The molecule has 1 amide bonds. The number of piperazine rings is 1. The summed E-state index contributed by atoms with van der Waals surface area (Å²) in [5, 5.41) is 8.93. The van der Waals surface area contributed by atoms with Crippen LogP contribution < -0.4 is 5.73 Å². The zero-order valence-corrected chi connectivity index (χ0v) is 14.0. The first-order chi connectivity index (χ1) is 9.88. The zero-order valence-electron chi connectivity index (χ0n) is 14.0. The number of aliphatic hydroxyl groups excluding tert-OH is 1. The third kappa shape index (κ3) is 6.32. The quantitative estimate of drug-likeness (QED) is 0.733. The van der Waals surface area contributed by atoms with Gasteiger partial charge in [-0.15, -0.1) is 0 Å². The average molecular weight is 299 g/mol. The van der Waals surface area contributed by atoms with Gasteiger partial charge in [-0.05, 0) is 30.7 Å². The topological polar surface area (TPSA) is 69.8 Å². The van der Waals surface area contributed by atoms with Crippen LogP contribution in [-0.4, -0.2) is 66.7 Å². The Morgan fingerprint density at radius 2 is 1.81 bits per heavy atom. The zero-order chi connectivity index (χ0) is 15.9. The maximum absolute atomic E-state index is 12.3. The third-order valence-corrected chi connectivity index (χ3v) is 4.59. The van der Waals surface area contributed by atoms with Crippen molar-refractivity contribution in [2.24, 2.45) is 17.1 Å². The van der Waals surface area contributed by atoms with Crippen LogP contribution in [0.5, 0.6) is 0 Å². The summed E-state index contributed by atoms with van der Waals surface area (Å²) in [5.74, 6) is 0.770. The number of nitrogens with zero attached hydrogens (tertiary/aromatic N) is 2. The van der Waals surface area contributed by atoms with Gasteiger partial charge in [0.15, 0.2) is 0 Å². The lowest BCUT2D eigenvalue weighted by molar-refractivity contribution is -0.133. The first-order valence-corrected chi connectivity index (χ1v) is 8.19. The lowest BCUT2D eigenvalue weighted by Crippen LogP contribution is -2.49. The van der Waals surface area contributed by atoms with E-state index < -0.39 is 0 Å². The molecule has 1 atom stereocenters. The number of amides is 1. The van der Waals surface area contributed by atoms with E-state index in [1.165, 1.54) is 0 Å². The van der Waals surface area contributed by atoms with E-state index in [9.17, 15) is 4.79 Å². The number of hydrogen-bond donors (Lipinski definition) is 2. The van der Waals surface area contributed by atoms with Gasteiger partial charge in [0.1, 0.15) is 0 Å². The fourth-order valence-electron chi connectivity index (χ4n) is 3.03. The number of carbonyl (C=O) groups is 1. The van der Waals surface area contributed by atoms with Gasteiger partial charge in [-0.3, -0.25) is 9.69 Å². The number of nitrogens with two attached hydrogens (primary N) is 1. The summed E-state index contributed by atoms with van der Waals surface area (Å²) in [6, 6.07) is 0. The first kappa shape index (κ1) is 18.4. The number of rotatable bonds is 7. The van der Waals surface area contributed by atoms with Crippen molar-refractivity contribution < 1.29 is 9.90 Å². The first-order valence-electron chi connectivity index (χ1n) is 8.19. The minimum atomic E-state index is 0.195. The fourth-order valence-corrected chi connectivity index (χ4v) is 3.03. The number of carbonyl (C=O) groups excluding carboxylic acids is 1. The molecule has 5 heteroatoms. The van der Waals surface area contributed by atoms with E-state index in [1.54, 1.807) is 0 Å². The van der Waals surface area contributed by atoms with Crippen molar-refractivity contribution in [3.8, 4) is 0 Å². The van der Waals surface area contributed by atoms with Crippen LogP contribution in [0.3, 0.4) is 0 Å². The Bertz CT molecular complexity index is 307. The maximum atomic E-state index is 12.3. The summed E-state index contributed by atoms with van der Waals surface area (Å²) >= 11 is 0. The summed E-state index contributed by atoms with van der Waals surface area (Å²) < 4.78 is 0. The van der Waals surface area contributed by atoms with Gasteiger partial charge in [0.05, 0.1) is 6.61 Å². The summed E-state index contributed by atoms with van der Waals surface area (Å²) in [4.78, 5) is 16.5. The molecule has 3 N–H and O–H groups in total. The van der Waals surface area contributed by atoms with E-state index in [-0.39, 0.29) is 17.9 Å². The standard InChI is InChI=1S/C16H33N3O2/c1-16(2,3)14(6-7-17)4-5-15(21)19-10-8-18(9-11-19)12-13-20/h14,20H,4-13,17H2,1-3H3.